The summed E-state index contributed by atoms with van der Waals surface area (Å²) in [7, 11) is 0. The van der Waals surface area contributed by atoms with Crippen LogP contribution in [-0.2, 0) is 19.0 Å². The summed E-state index contributed by atoms with van der Waals surface area (Å²) in [6.45, 7) is 10.7. The molecule has 2 N–H and O–H groups in total. The van der Waals surface area contributed by atoms with Crippen LogP contribution in [0.4, 0.5) is 0 Å². The van der Waals surface area contributed by atoms with E-state index in [1.807, 2.05) is 13.8 Å². The third kappa shape index (κ3) is 2.87. The Hall–Kier alpha value is -0.690. The summed E-state index contributed by atoms with van der Waals surface area (Å²) in [4.78, 5) is 11.4. The van der Waals surface area contributed by atoms with E-state index >= 15 is 0 Å². The molecule has 6 nitrogen and oxygen atoms in total. The first-order valence-electron chi connectivity index (χ1n) is 12.2. The lowest BCUT2D eigenvalue weighted by molar-refractivity contribution is -0.365. The van der Waals surface area contributed by atoms with E-state index in [2.05, 4.69) is 13.8 Å². The minimum absolute atomic E-state index is 0.000959. The number of ether oxygens (including phenoxy) is 3. The molecular formula is C25H40O6. The third-order valence-electron chi connectivity index (χ3n) is 10.7. The Bertz CT molecular complexity index is 767. The lowest BCUT2D eigenvalue weighted by Gasteiger charge is -2.69. The summed E-state index contributed by atoms with van der Waals surface area (Å²) in [5.41, 5.74) is -1.27. The lowest BCUT2D eigenvalue weighted by Crippen LogP contribution is -2.70. The van der Waals surface area contributed by atoms with Gasteiger partial charge in [-0.25, -0.2) is 0 Å². The molecule has 0 radical (unpaired) electrons. The van der Waals surface area contributed by atoms with Crippen LogP contribution in [0, 0.1) is 34.0 Å². The summed E-state index contributed by atoms with van der Waals surface area (Å²) in [6.07, 6.45) is 5.80. The Labute approximate surface area is 186 Å². The predicted octanol–water partition coefficient (Wildman–Crippen LogP) is 3.43. The number of fused-ring (bicyclic) bond motifs is 4. The van der Waals surface area contributed by atoms with E-state index in [0.29, 0.717) is 31.3 Å². The molecule has 6 heteroatoms. The van der Waals surface area contributed by atoms with Gasteiger partial charge >= 0.3 is 5.97 Å². The normalized spacial score (nSPS) is 55.0. The molecule has 1 saturated heterocycles. The Balaban J connectivity index is 1.48. The van der Waals surface area contributed by atoms with Gasteiger partial charge in [0.15, 0.2) is 5.79 Å². The Kier molecular flexibility index (Phi) is 4.76. The average Bonchev–Trinajstić information content (AvgIpc) is 3.03. The van der Waals surface area contributed by atoms with E-state index in [0.717, 1.165) is 32.1 Å². The second-order valence-electron chi connectivity index (χ2n) is 12.3. The van der Waals surface area contributed by atoms with Gasteiger partial charge in [0.05, 0.1) is 18.8 Å². The number of aliphatic hydroxyl groups is 2. The van der Waals surface area contributed by atoms with E-state index in [9.17, 15) is 15.0 Å². The van der Waals surface area contributed by atoms with Crippen molar-refractivity contribution < 1.29 is 29.2 Å². The standard InChI is InChI=1S/C25H40O6/c1-15(26)29-14-25(28)9-8-24-12-17(25)10-16(24)6-7-18-22(4)13-30-21(2,3)31-20(22)11-19(27)23(18,24)5/h16-20,27-28H,6-14H2,1-5H3. The van der Waals surface area contributed by atoms with Gasteiger partial charge in [0.25, 0.3) is 0 Å². The Morgan fingerprint density at radius 1 is 1.10 bits per heavy atom. The summed E-state index contributed by atoms with van der Waals surface area (Å²) in [5.74, 6) is -0.0000917. The van der Waals surface area contributed by atoms with Gasteiger partial charge in [-0.15, -0.1) is 0 Å². The topological polar surface area (TPSA) is 85.2 Å². The van der Waals surface area contributed by atoms with Crippen molar-refractivity contribution in [2.75, 3.05) is 13.2 Å². The van der Waals surface area contributed by atoms with E-state index in [1.54, 1.807) is 0 Å². The molecule has 1 heterocycles. The van der Waals surface area contributed by atoms with E-state index in [4.69, 9.17) is 14.2 Å². The number of hydrogen-bond acceptors (Lipinski definition) is 6. The van der Waals surface area contributed by atoms with Crippen LogP contribution in [0.3, 0.4) is 0 Å². The maximum Gasteiger partial charge on any atom is 0.302 e. The maximum atomic E-state index is 11.7. The van der Waals surface area contributed by atoms with Crippen molar-refractivity contribution in [2.45, 2.75) is 103 Å². The molecule has 176 valence electrons. The van der Waals surface area contributed by atoms with Gasteiger partial charge in [0, 0.05) is 24.2 Å². The second kappa shape index (κ2) is 6.68. The minimum atomic E-state index is -0.937. The van der Waals surface area contributed by atoms with Crippen LogP contribution in [0.15, 0.2) is 0 Å². The SMILES string of the molecule is CC(=O)OCC1(O)CCC23CC1CC2CCC1C2(C)COC(C)(C)OC2CC(O)C13C. The van der Waals surface area contributed by atoms with E-state index in [1.165, 1.54) is 6.92 Å². The zero-order chi connectivity index (χ0) is 22.4. The highest BCUT2D eigenvalue weighted by Crippen LogP contribution is 2.75. The number of hydrogen-bond donors (Lipinski definition) is 2. The highest BCUT2D eigenvalue weighted by Gasteiger charge is 2.73. The molecule has 0 aromatic heterocycles. The predicted molar refractivity (Wildman–Crippen MR) is 114 cm³/mol. The summed E-state index contributed by atoms with van der Waals surface area (Å²) >= 11 is 0. The van der Waals surface area contributed by atoms with Crippen LogP contribution >= 0.6 is 0 Å². The average molecular weight is 437 g/mol. The van der Waals surface area contributed by atoms with E-state index < -0.39 is 17.5 Å². The van der Waals surface area contributed by atoms with Gasteiger partial charge < -0.3 is 24.4 Å². The van der Waals surface area contributed by atoms with Gasteiger partial charge in [-0.2, -0.15) is 0 Å². The van der Waals surface area contributed by atoms with Crippen molar-refractivity contribution >= 4 is 5.97 Å². The number of aliphatic hydroxyl groups excluding tert-OH is 1. The fraction of sp³-hybridized carbons (Fsp3) is 0.960. The fourth-order valence-corrected chi connectivity index (χ4v) is 8.97. The van der Waals surface area contributed by atoms with Gasteiger partial charge in [0.2, 0.25) is 0 Å². The van der Waals surface area contributed by atoms with Crippen LogP contribution in [0.5, 0.6) is 0 Å². The second-order valence-corrected chi connectivity index (χ2v) is 12.3. The molecule has 5 fully saturated rings. The molecule has 5 rings (SSSR count). The molecule has 0 aromatic rings. The summed E-state index contributed by atoms with van der Waals surface area (Å²) in [6, 6.07) is 0. The highest BCUT2D eigenvalue weighted by atomic mass is 16.7. The quantitative estimate of drug-likeness (QED) is 0.645. The first kappa shape index (κ1) is 22.1. The molecule has 0 amide bonds. The van der Waals surface area contributed by atoms with Gasteiger partial charge in [-0.1, -0.05) is 13.8 Å². The fourth-order valence-electron chi connectivity index (χ4n) is 8.97. The Morgan fingerprint density at radius 3 is 2.55 bits per heavy atom. The van der Waals surface area contributed by atoms with Crippen molar-refractivity contribution in [2.24, 2.45) is 34.0 Å². The smallest absolute Gasteiger partial charge is 0.302 e. The monoisotopic (exact) mass is 436 g/mol. The van der Waals surface area contributed by atoms with Crippen LogP contribution in [0.2, 0.25) is 0 Å². The molecule has 1 spiro atoms. The van der Waals surface area contributed by atoms with Crippen molar-refractivity contribution in [3.8, 4) is 0 Å². The molecule has 9 atom stereocenters. The molecule has 4 aliphatic carbocycles. The first-order valence-corrected chi connectivity index (χ1v) is 12.2. The molecule has 1 aliphatic heterocycles. The molecule has 31 heavy (non-hydrogen) atoms. The molecule has 4 saturated carbocycles. The molecule has 2 bridgehead atoms. The zero-order valence-electron chi connectivity index (χ0n) is 19.8. The van der Waals surface area contributed by atoms with Crippen molar-refractivity contribution in [1.29, 1.82) is 0 Å². The van der Waals surface area contributed by atoms with Crippen molar-refractivity contribution in [3.05, 3.63) is 0 Å². The largest absolute Gasteiger partial charge is 0.463 e. The van der Waals surface area contributed by atoms with Crippen LogP contribution in [0.25, 0.3) is 0 Å². The van der Waals surface area contributed by atoms with Crippen LogP contribution < -0.4 is 0 Å². The van der Waals surface area contributed by atoms with Crippen molar-refractivity contribution in [1.82, 2.24) is 0 Å². The minimum Gasteiger partial charge on any atom is -0.463 e. The summed E-state index contributed by atoms with van der Waals surface area (Å²) in [5, 5.41) is 23.1. The first-order chi connectivity index (χ1) is 14.4. The highest BCUT2D eigenvalue weighted by molar-refractivity contribution is 5.66. The number of carbonyl (C=O) groups is 1. The molecule has 5 aliphatic rings. The molecule has 0 aromatic carbocycles. The van der Waals surface area contributed by atoms with Gasteiger partial charge in [-0.05, 0) is 75.5 Å². The van der Waals surface area contributed by atoms with Crippen LogP contribution in [0.1, 0.15) is 79.6 Å². The van der Waals surface area contributed by atoms with Gasteiger partial charge in [-0.3, -0.25) is 4.79 Å². The maximum absolute atomic E-state index is 11.7. The van der Waals surface area contributed by atoms with E-state index in [-0.39, 0.29) is 40.8 Å². The molecular weight excluding hydrogens is 396 g/mol. The summed E-state index contributed by atoms with van der Waals surface area (Å²) < 4.78 is 17.8. The number of esters is 1. The molecule has 9 unspecified atom stereocenters. The number of carbonyl (C=O) groups excluding carboxylic acids is 1. The number of rotatable bonds is 2. The van der Waals surface area contributed by atoms with Crippen molar-refractivity contribution in [3.63, 3.8) is 0 Å². The Morgan fingerprint density at radius 2 is 1.84 bits per heavy atom. The van der Waals surface area contributed by atoms with Crippen LogP contribution in [-0.4, -0.2) is 53.0 Å². The third-order valence-corrected chi connectivity index (χ3v) is 10.7. The van der Waals surface area contributed by atoms with Gasteiger partial charge in [0.1, 0.15) is 12.2 Å². The lowest BCUT2D eigenvalue weighted by atomic mass is 9.38. The zero-order valence-corrected chi connectivity index (χ0v) is 19.8.